The van der Waals surface area contributed by atoms with Crippen LogP contribution in [-0.4, -0.2) is 50.5 Å². The summed E-state index contributed by atoms with van der Waals surface area (Å²) in [4.78, 5) is 10.8. The standard InChI is InChI=1S/C15H24ClN3O4.2ClH/c1-10(20)7-18-3-4-19-8-11-5-12(16)15(13(6-11)22-2)23-9-14(17)21;;/h5-6,10,18-20H,3-4,7-9H2,1-2H3,(H2,17,21);2*1H. The number of halogens is 3. The first-order valence-electron chi connectivity index (χ1n) is 7.31. The topological polar surface area (TPSA) is 106 Å². The van der Waals surface area contributed by atoms with Gasteiger partial charge in [-0.25, -0.2) is 0 Å². The van der Waals surface area contributed by atoms with E-state index in [2.05, 4.69) is 10.6 Å². The van der Waals surface area contributed by atoms with Crippen LogP contribution in [0.1, 0.15) is 12.5 Å². The SMILES string of the molecule is COc1cc(CNCCNCC(C)O)cc(Cl)c1OCC(N)=O.Cl.Cl. The maximum atomic E-state index is 10.8. The predicted molar refractivity (Wildman–Crippen MR) is 103 cm³/mol. The molecule has 0 fully saturated rings. The molecule has 0 saturated heterocycles. The number of aliphatic hydroxyl groups is 1. The van der Waals surface area contributed by atoms with E-state index < -0.39 is 5.91 Å². The maximum Gasteiger partial charge on any atom is 0.255 e. The van der Waals surface area contributed by atoms with Crippen LogP contribution in [0.2, 0.25) is 5.02 Å². The maximum absolute atomic E-state index is 10.8. The number of hydrogen-bond acceptors (Lipinski definition) is 6. The molecule has 0 heterocycles. The number of amides is 1. The van der Waals surface area contributed by atoms with Crippen molar-refractivity contribution in [2.75, 3.05) is 33.4 Å². The van der Waals surface area contributed by atoms with Crippen molar-refractivity contribution in [1.82, 2.24) is 10.6 Å². The van der Waals surface area contributed by atoms with Crippen LogP contribution >= 0.6 is 36.4 Å². The summed E-state index contributed by atoms with van der Waals surface area (Å²) in [5.41, 5.74) is 5.98. The molecule has 10 heteroatoms. The van der Waals surface area contributed by atoms with Crippen molar-refractivity contribution in [3.63, 3.8) is 0 Å². The first kappa shape index (κ1) is 26.3. The number of benzene rings is 1. The molecule has 146 valence electrons. The number of methoxy groups -OCH3 is 1. The van der Waals surface area contributed by atoms with Gasteiger partial charge in [0.05, 0.1) is 18.2 Å². The summed E-state index contributed by atoms with van der Waals surface area (Å²) in [5, 5.41) is 15.8. The summed E-state index contributed by atoms with van der Waals surface area (Å²) in [7, 11) is 1.50. The molecule has 1 unspecified atom stereocenters. The molecule has 25 heavy (non-hydrogen) atoms. The van der Waals surface area contributed by atoms with Gasteiger partial charge in [-0.3, -0.25) is 4.79 Å². The van der Waals surface area contributed by atoms with Gasteiger partial charge in [0.2, 0.25) is 0 Å². The van der Waals surface area contributed by atoms with E-state index >= 15 is 0 Å². The van der Waals surface area contributed by atoms with Gasteiger partial charge < -0.3 is 30.9 Å². The number of carbonyl (C=O) groups excluding carboxylic acids is 1. The second kappa shape index (κ2) is 14.2. The minimum Gasteiger partial charge on any atom is -0.493 e. The fraction of sp³-hybridized carbons (Fsp3) is 0.533. The van der Waals surface area contributed by atoms with Gasteiger partial charge in [0, 0.05) is 26.2 Å². The first-order chi connectivity index (χ1) is 10.9. The summed E-state index contributed by atoms with van der Waals surface area (Å²) in [6.07, 6.45) is -0.356. The number of ether oxygens (including phenoxy) is 2. The molecule has 0 aliphatic carbocycles. The molecule has 0 aromatic heterocycles. The summed E-state index contributed by atoms with van der Waals surface area (Å²) < 4.78 is 10.5. The Morgan fingerprint density at radius 2 is 1.96 bits per heavy atom. The summed E-state index contributed by atoms with van der Waals surface area (Å²) in [6, 6.07) is 3.54. The van der Waals surface area contributed by atoms with Crippen LogP contribution in [0.4, 0.5) is 0 Å². The number of carbonyl (C=O) groups is 1. The first-order valence-corrected chi connectivity index (χ1v) is 7.68. The second-order valence-corrected chi connectivity index (χ2v) is 5.50. The number of nitrogens with one attached hydrogen (secondary N) is 2. The van der Waals surface area contributed by atoms with Gasteiger partial charge in [0.25, 0.3) is 5.91 Å². The zero-order valence-corrected chi connectivity index (χ0v) is 16.6. The van der Waals surface area contributed by atoms with Crippen molar-refractivity contribution >= 4 is 42.3 Å². The zero-order chi connectivity index (χ0) is 17.2. The number of nitrogens with two attached hydrogens (primary N) is 1. The van der Waals surface area contributed by atoms with Gasteiger partial charge in [-0.05, 0) is 24.6 Å². The minimum atomic E-state index is -0.585. The van der Waals surface area contributed by atoms with E-state index in [1.165, 1.54) is 7.11 Å². The van der Waals surface area contributed by atoms with Crippen molar-refractivity contribution < 1.29 is 19.4 Å². The quantitative estimate of drug-likeness (QED) is 0.401. The van der Waals surface area contributed by atoms with Gasteiger partial charge >= 0.3 is 0 Å². The van der Waals surface area contributed by atoms with Gasteiger partial charge in [-0.15, -0.1) is 24.8 Å². The van der Waals surface area contributed by atoms with Crippen LogP contribution in [0, 0.1) is 0 Å². The third-order valence-electron chi connectivity index (χ3n) is 2.90. The van der Waals surface area contributed by atoms with Gasteiger partial charge in [0.1, 0.15) is 0 Å². The van der Waals surface area contributed by atoms with Crippen molar-refractivity contribution in [2.45, 2.75) is 19.6 Å². The molecule has 1 aromatic carbocycles. The molecule has 0 radical (unpaired) electrons. The highest BCUT2D eigenvalue weighted by atomic mass is 35.5. The Morgan fingerprint density at radius 1 is 1.32 bits per heavy atom. The molecular weight excluding hydrogens is 393 g/mol. The molecule has 1 aromatic rings. The molecule has 1 rings (SSSR count). The van der Waals surface area contributed by atoms with Crippen LogP contribution in [0.25, 0.3) is 0 Å². The highest BCUT2D eigenvalue weighted by molar-refractivity contribution is 6.32. The Kier molecular flexibility index (Phi) is 15.0. The predicted octanol–water partition coefficient (Wildman–Crippen LogP) is 1.12. The van der Waals surface area contributed by atoms with E-state index in [0.29, 0.717) is 29.6 Å². The lowest BCUT2D eigenvalue weighted by atomic mass is 10.2. The number of primary amides is 1. The van der Waals surface area contributed by atoms with E-state index in [1.54, 1.807) is 19.1 Å². The smallest absolute Gasteiger partial charge is 0.255 e. The molecule has 0 bridgehead atoms. The summed E-state index contributed by atoms with van der Waals surface area (Å²) in [5.74, 6) is 0.164. The third kappa shape index (κ3) is 10.6. The largest absolute Gasteiger partial charge is 0.493 e. The molecular formula is C15H26Cl3N3O4. The normalized spacial score (nSPS) is 11.0. The van der Waals surface area contributed by atoms with E-state index in [4.69, 9.17) is 31.9 Å². The molecule has 7 nitrogen and oxygen atoms in total. The molecule has 0 aliphatic rings. The van der Waals surface area contributed by atoms with Crippen LogP contribution in [0.5, 0.6) is 11.5 Å². The molecule has 0 aliphatic heterocycles. The number of rotatable bonds is 11. The van der Waals surface area contributed by atoms with E-state index in [9.17, 15) is 4.79 Å². The van der Waals surface area contributed by atoms with Crippen LogP contribution in [0.15, 0.2) is 12.1 Å². The summed E-state index contributed by atoms with van der Waals surface area (Å²) >= 11 is 6.17. The van der Waals surface area contributed by atoms with E-state index in [0.717, 1.165) is 18.7 Å². The van der Waals surface area contributed by atoms with Crippen molar-refractivity contribution in [1.29, 1.82) is 0 Å². The van der Waals surface area contributed by atoms with Crippen molar-refractivity contribution in [3.05, 3.63) is 22.7 Å². The Hall–Kier alpha value is -0.960. The Bertz CT molecular complexity index is 519. The zero-order valence-electron chi connectivity index (χ0n) is 14.2. The Labute approximate surface area is 165 Å². The number of aliphatic hydroxyl groups excluding tert-OH is 1. The molecule has 1 amide bonds. The third-order valence-corrected chi connectivity index (χ3v) is 3.18. The van der Waals surface area contributed by atoms with Gasteiger partial charge in [0.15, 0.2) is 18.1 Å². The molecule has 0 spiro atoms. The second-order valence-electron chi connectivity index (χ2n) is 5.09. The molecule has 1 atom stereocenters. The highest BCUT2D eigenvalue weighted by Crippen LogP contribution is 2.36. The van der Waals surface area contributed by atoms with Crippen LogP contribution < -0.4 is 25.8 Å². The summed E-state index contributed by atoms with van der Waals surface area (Å²) in [6.45, 7) is 4.12. The lowest BCUT2D eigenvalue weighted by molar-refractivity contribution is -0.119. The van der Waals surface area contributed by atoms with Gasteiger partial charge in [-0.2, -0.15) is 0 Å². The minimum absolute atomic E-state index is 0. The Balaban J connectivity index is 0. The average Bonchev–Trinajstić information content (AvgIpc) is 2.48. The highest BCUT2D eigenvalue weighted by Gasteiger charge is 2.13. The van der Waals surface area contributed by atoms with E-state index in [-0.39, 0.29) is 37.5 Å². The Morgan fingerprint density at radius 3 is 2.52 bits per heavy atom. The van der Waals surface area contributed by atoms with Gasteiger partial charge in [-0.1, -0.05) is 11.6 Å². The fourth-order valence-corrected chi connectivity index (χ4v) is 2.17. The fourth-order valence-electron chi connectivity index (χ4n) is 1.88. The lowest BCUT2D eigenvalue weighted by Crippen LogP contribution is -2.31. The lowest BCUT2D eigenvalue weighted by Gasteiger charge is -2.14. The molecule has 0 saturated carbocycles. The van der Waals surface area contributed by atoms with Crippen molar-refractivity contribution in [3.8, 4) is 11.5 Å². The molecule has 5 N–H and O–H groups in total. The van der Waals surface area contributed by atoms with Crippen LogP contribution in [0.3, 0.4) is 0 Å². The van der Waals surface area contributed by atoms with Crippen molar-refractivity contribution in [2.24, 2.45) is 5.73 Å². The van der Waals surface area contributed by atoms with E-state index in [1.807, 2.05) is 0 Å². The number of hydrogen-bond donors (Lipinski definition) is 4. The van der Waals surface area contributed by atoms with Crippen LogP contribution in [-0.2, 0) is 11.3 Å². The monoisotopic (exact) mass is 417 g/mol. The average molecular weight is 419 g/mol.